The van der Waals surface area contributed by atoms with E-state index in [0.29, 0.717) is 17.6 Å². The van der Waals surface area contributed by atoms with Crippen LogP contribution in [0.25, 0.3) is 111 Å². The lowest BCUT2D eigenvalue weighted by molar-refractivity contribution is 0.668. The molecule has 6 heteroatoms. The Morgan fingerprint density at radius 2 is 0.930 bits per heavy atom. The third-order valence-corrected chi connectivity index (χ3v) is 11.2. The van der Waals surface area contributed by atoms with Crippen LogP contribution < -0.4 is 0 Å². The molecule has 266 valence electrons. The minimum absolute atomic E-state index is 0.560. The number of furan rings is 1. The topological polar surface area (TPSA) is 61.7 Å². The highest BCUT2D eigenvalue weighted by Crippen LogP contribution is 2.40. The molecule has 0 N–H and O–H groups in total. The van der Waals surface area contributed by atoms with Crippen molar-refractivity contribution in [1.82, 2.24) is 24.1 Å². The van der Waals surface area contributed by atoms with Crippen LogP contribution in [0.5, 0.6) is 0 Å². The van der Waals surface area contributed by atoms with E-state index in [1.54, 1.807) is 0 Å². The summed E-state index contributed by atoms with van der Waals surface area (Å²) in [5, 5.41) is 6.67. The maximum atomic E-state index is 6.71. The SMILES string of the molecule is c1ccc(-c2ccc3c4ccccc4n(-c4ccc5c(c4)oc4cccc(-c6nc(-c7ccccc7)nc(-n7c8ccccc8c8ccccc87)n6)c45)c3c2)cc1. The van der Waals surface area contributed by atoms with Gasteiger partial charge in [-0.3, -0.25) is 4.57 Å². The van der Waals surface area contributed by atoms with Crippen LogP contribution in [0.3, 0.4) is 0 Å². The molecule has 4 aromatic heterocycles. The molecule has 0 aliphatic heterocycles. The van der Waals surface area contributed by atoms with Crippen LogP contribution in [0.4, 0.5) is 0 Å². The fourth-order valence-corrected chi connectivity index (χ4v) is 8.64. The van der Waals surface area contributed by atoms with Crippen molar-refractivity contribution in [3.8, 4) is 45.5 Å². The molecule has 0 aliphatic rings. The Bertz CT molecular complexity index is 3470. The first-order chi connectivity index (χ1) is 28.3. The highest BCUT2D eigenvalue weighted by Gasteiger charge is 2.21. The summed E-state index contributed by atoms with van der Waals surface area (Å²) in [5.41, 5.74) is 11.1. The van der Waals surface area contributed by atoms with Gasteiger partial charge in [-0.05, 0) is 53.6 Å². The molecule has 0 saturated heterocycles. The van der Waals surface area contributed by atoms with Gasteiger partial charge in [0.15, 0.2) is 11.6 Å². The number of fused-ring (bicyclic) bond motifs is 9. The normalized spacial score (nSPS) is 11.9. The summed E-state index contributed by atoms with van der Waals surface area (Å²) in [6.45, 7) is 0. The van der Waals surface area contributed by atoms with Gasteiger partial charge in [-0.1, -0.05) is 140 Å². The molecule has 6 nitrogen and oxygen atoms in total. The van der Waals surface area contributed by atoms with Crippen LogP contribution in [0.1, 0.15) is 0 Å². The Hall–Kier alpha value is -7.83. The van der Waals surface area contributed by atoms with Crippen molar-refractivity contribution in [2.75, 3.05) is 0 Å². The molecule has 4 heterocycles. The van der Waals surface area contributed by atoms with Gasteiger partial charge in [0.2, 0.25) is 5.95 Å². The van der Waals surface area contributed by atoms with Crippen LogP contribution >= 0.6 is 0 Å². The fraction of sp³-hybridized carbons (Fsp3) is 0. The first kappa shape index (κ1) is 31.5. The minimum Gasteiger partial charge on any atom is -0.456 e. The molecule has 0 fully saturated rings. The highest BCUT2D eigenvalue weighted by atomic mass is 16.3. The second-order valence-electron chi connectivity index (χ2n) is 14.4. The molecule has 12 rings (SSSR count). The molecule has 57 heavy (non-hydrogen) atoms. The maximum Gasteiger partial charge on any atom is 0.238 e. The molecule has 0 aliphatic carbocycles. The summed E-state index contributed by atoms with van der Waals surface area (Å²) in [6.07, 6.45) is 0. The maximum absolute atomic E-state index is 6.71. The van der Waals surface area contributed by atoms with Gasteiger partial charge in [0.1, 0.15) is 11.2 Å². The zero-order chi connectivity index (χ0) is 37.5. The van der Waals surface area contributed by atoms with Crippen LogP contribution in [-0.4, -0.2) is 24.1 Å². The number of rotatable bonds is 5. The Labute approximate surface area is 326 Å². The van der Waals surface area contributed by atoms with Gasteiger partial charge in [-0.15, -0.1) is 0 Å². The molecule has 0 spiro atoms. The zero-order valence-electron chi connectivity index (χ0n) is 30.5. The van der Waals surface area contributed by atoms with E-state index in [1.165, 1.54) is 21.9 Å². The Morgan fingerprint density at radius 3 is 1.63 bits per heavy atom. The monoisotopic (exact) mass is 729 g/mol. The van der Waals surface area contributed by atoms with E-state index in [-0.39, 0.29) is 0 Å². The molecule has 0 unspecified atom stereocenters. The predicted octanol–water partition coefficient (Wildman–Crippen LogP) is 13.0. The molecule has 0 bridgehead atoms. The van der Waals surface area contributed by atoms with E-state index in [1.807, 2.05) is 42.5 Å². The number of benzene rings is 8. The summed E-state index contributed by atoms with van der Waals surface area (Å²) in [4.78, 5) is 15.6. The van der Waals surface area contributed by atoms with Crippen LogP contribution in [0.15, 0.2) is 192 Å². The number of para-hydroxylation sites is 3. The lowest BCUT2D eigenvalue weighted by Crippen LogP contribution is -2.06. The standard InChI is InChI=1S/C51H31N5O/c1-3-14-32(15-4-1)34-26-28-39-38-20-7-10-22-42(38)55(45(39)30-34)35-27-29-40-47(31-35)57-46-25-13-21-41(48(40)46)50-52-49(33-16-5-2-6-17-33)53-51(54-50)56-43-23-11-8-18-36(43)37-19-9-12-24-44(37)56/h1-31H. The molecule has 12 aromatic rings. The first-order valence-corrected chi connectivity index (χ1v) is 19.1. The predicted molar refractivity (Wildman–Crippen MR) is 232 cm³/mol. The van der Waals surface area contributed by atoms with Crippen molar-refractivity contribution < 1.29 is 4.42 Å². The molecular formula is C51H31N5O. The molecular weight excluding hydrogens is 699 g/mol. The summed E-state index contributed by atoms with van der Waals surface area (Å²) in [5.74, 6) is 1.74. The summed E-state index contributed by atoms with van der Waals surface area (Å²) in [7, 11) is 0. The second kappa shape index (κ2) is 12.3. The van der Waals surface area contributed by atoms with E-state index < -0.39 is 0 Å². The lowest BCUT2D eigenvalue weighted by atomic mass is 10.0. The average Bonchev–Trinajstić information content (AvgIpc) is 3.94. The van der Waals surface area contributed by atoms with Gasteiger partial charge >= 0.3 is 0 Å². The van der Waals surface area contributed by atoms with Crippen molar-refractivity contribution in [2.24, 2.45) is 0 Å². The van der Waals surface area contributed by atoms with Crippen LogP contribution in [0.2, 0.25) is 0 Å². The number of aromatic nitrogens is 5. The minimum atomic E-state index is 0.560. The van der Waals surface area contributed by atoms with Gasteiger partial charge in [-0.2, -0.15) is 9.97 Å². The van der Waals surface area contributed by atoms with E-state index in [4.69, 9.17) is 19.4 Å². The van der Waals surface area contributed by atoms with E-state index in [9.17, 15) is 0 Å². The van der Waals surface area contributed by atoms with Crippen molar-refractivity contribution in [3.05, 3.63) is 188 Å². The molecule has 0 saturated carbocycles. The smallest absolute Gasteiger partial charge is 0.238 e. The molecule has 0 atom stereocenters. The summed E-state index contributed by atoms with van der Waals surface area (Å²) >= 11 is 0. The number of hydrogen-bond donors (Lipinski definition) is 0. The van der Waals surface area contributed by atoms with Crippen molar-refractivity contribution >= 4 is 65.6 Å². The van der Waals surface area contributed by atoms with Gasteiger partial charge < -0.3 is 8.98 Å². The van der Waals surface area contributed by atoms with Gasteiger partial charge in [0, 0.05) is 55.2 Å². The second-order valence-corrected chi connectivity index (χ2v) is 14.4. The highest BCUT2D eigenvalue weighted by molar-refractivity contribution is 6.14. The zero-order valence-corrected chi connectivity index (χ0v) is 30.5. The molecule has 0 amide bonds. The van der Waals surface area contributed by atoms with E-state index in [2.05, 4.69) is 155 Å². The van der Waals surface area contributed by atoms with Crippen LogP contribution in [-0.2, 0) is 0 Å². The van der Waals surface area contributed by atoms with Crippen molar-refractivity contribution in [1.29, 1.82) is 0 Å². The summed E-state index contributed by atoms with van der Waals surface area (Å²) in [6, 6.07) is 65.5. The average molecular weight is 730 g/mol. The molecule has 0 radical (unpaired) electrons. The van der Waals surface area contributed by atoms with Gasteiger partial charge in [0.05, 0.1) is 22.1 Å². The number of hydrogen-bond acceptors (Lipinski definition) is 4. The Kier molecular flexibility index (Phi) is 6.83. The molecule has 8 aromatic carbocycles. The third kappa shape index (κ3) is 4.87. The van der Waals surface area contributed by atoms with Crippen molar-refractivity contribution in [3.63, 3.8) is 0 Å². The fourth-order valence-electron chi connectivity index (χ4n) is 8.64. The van der Waals surface area contributed by atoms with Crippen LogP contribution in [0, 0.1) is 0 Å². The lowest BCUT2D eigenvalue weighted by Gasteiger charge is -2.11. The third-order valence-electron chi connectivity index (χ3n) is 11.2. The van der Waals surface area contributed by atoms with E-state index >= 15 is 0 Å². The summed E-state index contributed by atoms with van der Waals surface area (Å²) < 4.78 is 11.2. The van der Waals surface area contributed by atoms with E-state index in [0.717, 1.165) is 71.6 Å². The largest absolute Gasteiger partial charge is 0.456 e. The van der Waals surface area contributed by atoms with Gasteiger partial charge in [0.25, 0.3) is 0 Å². The number of nitrogens with zero attached hydrogens (tertiary/aromatic N) is 5. The quantitative estimate of drug-likeness (QED) is 0.177. The van der Waals surface area contributed by atoms with Crippen molar-refractivity contribution in [2.45, 2.75) is 0 Å². The first-order valence-electron chi connectivity index (χ1n) is 19.1. The van der Waals surface area contributed by atoms with Gasteiger partial charge in [-0.25, -0.2) is 4.98 Å². The Balaban J connectivity index is 1.07. The Morgan fingerprint density at radius 1 is 0.351 bits per heavy atom.